The minimum Gasteiger partial charge on any atom is -0.300 e. The highest BCUT2D eigenvalue weighted by Crippen LogP contribution is 2.23. The molecule has 250 valence electrons. The SMILES string of the molecule is CCCCCCCCN(CCN(CCCCCCCC)CCN1C(=O)c2ccccc2C1=O)CCN1C(=O)c2ccccc2C1=O. The van der Waals surface area contributed by atoms with Gasteiger partial charge in [0.25, 0.3) is 23.6 Å². The van der Waals surface area contributed by atoms with Crippen LogP contribution in [-0.2, 0) is 0 Å². The Bertz CT molecular complexity index is 1140. The van der Waals surface area contributed by atoms with Gasteiger partial charge >= 0.3 is 0 Å². The van der Waals surface area contributed by atoms with Crippen molar-refractivity contribution in [3.8, 4) is 0 Å². The third kappa shape index (κ3) is 9.58. The predicted molar refractivity (Wildman–Crippen MR) is 183 cm³/mol. The van der Waals surface area contributed by atoms with Crippen molar-refractivity contribution in [2.24, 2.45) is 0 Å². The lowest BCUT2D eigenvalue weighted by atomic mass is 10.1. The van der Waals surface area contributed by atoms with Crippen molar-refractivity contribution in [1.29, 1.82) is 0 Å². The average Bonchev–Trinajstić information content (AvgIpc) is 3.47. The normalized spacial score (nSPS) is 14.3. The van der Waals surface area contributed by atoms with E-state index in [0.29, 0.717) is 48.4 Å². The number of hydrogen-bond donors (Lipinski definition) is 0. The standard InChI is InChI=1S/C38H54N4O4/c1-3-5-7-9-11-17-23-39(27-29-41-35(43)31-19-13-14-20-32(31)36(41)44)25-26-40(24-18-12-10-8-6-4-2)28-30-42-37(45)33-21-15-16-22-34(33)38(42)46/h13-16,19-22H,3-12,17-18,23-30H2,1-2H3. The summed E-state index contributed by atoms with van der Waals surface area (Å²) in [5, 5.41) is 0. The van der Waals surface area contributed by atoms with Crippen molar-refractivity contribution >= 4 is 23.6 Å². The number of nitrogens with zero attached hydrogens (tertiary/aromatic N) is 4. The van der Waals surface area contributed by atoms with Gasteiger partial charge in [-0.25, -0.2) is 0 Å². The van der Waals surface area contributed by atoms with Gasteiger partial charge in [0.15, 0.2) is 0 Å². The molecular weight excluding hydrogens is 576 g/mol. The molecule has 2 heterocycles. The zero-order valence-corrected chi connectivity index (χ0v) is 28.2. The first-order chi connectivity index (χ1) is 22.5. The minimum absolute atomic E-state index is 0.203. The highest BCUT2D eigenvalue weighted by atomic mass is 16.2. The van der Waals surface area contributed by atoms with Gasteiger partial charge in [-0.05, 0) is 50.2 Å². The molecule has 0 spiro atoms. The first-order valence-electron chi connectivity index (χ1n) is 17.8. The molecule has 4 rings (SSSR count). The number of rotatable bonds is 23. The number of amides is 4. The lowest BCUT2D eigenvalue weighted by molar-refractivity contribution is 0.0606. The maximum absolute atomic E-state index is 13.0. The molecule has 8 heteroatoms. The summed E-state index contributed by atoms with van der Waals surface area (Å²) in [6.07, 6.45) is 14.5. The molecule has 0 unspecified atom stereocenters. The molecule has 2 aromatic carbocycles. The van der Waals surface area contributed by atoms with Crippen molar-refractivity contribution in [2.75, 3.05) is 52.4 Å². The van der Waals surface area contributed by atoms with Crippen LogP contribution in [0.4, 0.5) is 0 Å². The molecule has 2 aliphatic heterocycles. The molecular formula is C38H54N4O4. The van der Waals surface area contributed by atoms with Gasteiger partial charge < -0.3 is 9.80 Å². The first kappa shape index (κ1) is 35.5. The number of carbonyl (C=O) groups excluding carboxylic acids is 4. The van der Waals surface area contributed by atoms with Crippen molar-refractivity contribution < 1.29 is 19.2 Å². The molecule has 8 nitrogen and oxygen atoms in total. The Morgan fingerprint density at radius 1 is 0.413 bits per heavy atom. The molecule has 0 saturated carbocycles. The second-order valence-corrected chi connectivity index (χ2v) is 12.8. The number of unbranched alkanes of at least 4 members (excludes halogenated alkanes) is 10. The van der Waals surface area contributed by atoms with Crippen LogP contribution in [0, 0.1) is 0 Å². The van der Waals surface area contributed by atoms with E-state index in [1.165, 1.54) is 74.0 Å². The maximum Gasteiger partial charge on any atom is 0.261 e. The highest BCUT2D eigenvalue weighted by Gasteiger charge is 2.36. The zero-order chi connectivity index (χ0) is 32.7. The van der Waals surface area contributed by atoms with Crippen molar-refractivity contribution in [3.05, 3.63) is 70.8 Å². The molecule has 46 heavy (non-hydrogen) atoms. The fourth-order valence-corrected chi connectivity index (χ4v) is 6.55. The van der Waals surface area contributed by atoms with Crippen LogP contribution >= 0.6 is 0 Å². The smallest absolute Gasteiger partial charge is 0.261 e. The Balaban J connectivity index is 1.36. The summed E-state index contributed by atoms with van der Waals surface area (Å²) in [6, 6.07) is 14.2. The highest BCUT2D eigenvalue weighted by molar-refractivity contribution is 6.22. The molecule has 0 saturated heterocycles. The average molecular weight is 631 g/mol. The molecule has 2 aromatic rings. The van der Waals surface area contributed by atoms with Crippen LogP contribution in [0.25, 0.3) is 0 Å². The Kier molecular flexibility index (Phi) is 14.4. The number of imide groups is 2. The van der Waals surface area contributed by atoms with E-state index < -0.39 is 0 Å². The largest absolute Gasteiger partial charge is 0.300 e. The summed E-state index contributed by atoms with van der Waals surface area (Å²) in [5.74, 6) is -0.812. The summed E-state index contributed by atoms with van der Waals surface area (Å²) in [7, 11) is 0. The van der Waals surface area contributed by atoms with E-state index in [4.69, 9.17) is 0 Å². The third-order valence-corrected chi connectivity index (χ3v) is 9.42. The van der Waals surface area contributed by atoms with Crippen LogP contribution < -0.4 is 0 Å². The Morgan fingerprint density at radius 2 is 0.717 bits per heavy atom. The summed E-state index contributed by atoms with van der Waals surface area (Å²) in [4.78, 5) is 59.7. The Labute approximate surface area is 276 Å². The molecule has 2 aliphatic rings. The van der Waals surface area contributed by atoms with E-state index in [1.54, 1.807) is 48.5 Å². The van der Waals surface area contributed by atoms with Gasteiger partial charge in [0.1, 0.15) is 0 Å². The molecule has 0 aromatic heterocycles. The summed E-state index contributed by atoms with van der Waals surface area (Å²) in [6.45, 7) is 9.89. The maximum atomic E-state index is 13.0. The van der Waals surface area contributed by atoms with Gasteiger partial charge in [-0.3, -0.25) is 29.0 Å². The first-order valence-corrected chi connectivity index (χ1v) is 17.8. The zero-order valence-electron chi connectivity index (χ0n) is 28.2. The van der Waals surface area contributed by atoms with Crippen LogP contribution in [0.3, 0.4) is 0 Å². The van der Waals surface area contributed by atoms with Crippen LogP contribution in [0.1, 0.15) is 132 Å². The van der Waals surface area contributed by atoms with Crippen molar-refractivity contribution in [3.63, 3.8) is 0 Å². The van der Waals surface area contributed by atoms with E-state index in [2.05, 4.69) is 23.6 Å². The number of benzene rings is 2. The molecule has 0 bridgehead atoms. The van der Waals surface area contributed by atoms with Gasteiger partial charge in [-0.1, -0.05) is 102 Å². The Morgan fingerprint density at radius 3 is 1.04 bits per heavy atom. The minimum atomic E-state index is -0.203. The van der Waals surface area contributed by atoms with Gasteiger partial charge in [-0.2, -0.15) is 0 Å². The van der Waals surface area contributed by atoms with Crippen molar-refractivity contribution in [2.45, 2.75) is 90.9 Å². The van der Waals surface area contributed by atoms with E-state index in [-0.39, 0.29) is 23.6 Å². The van der Waals surface area contributed by atoms with Gasteiger partial charge in [0, 0.05) is 39.3 Å². The molecule has 0 fully saturated rings. The number of fused-ring (bicyclic) bond motifs is 2. The van der Waals surface area contributed by atoms with Crippen LogP contribution in [0.5, 0.6) is 0 Å². The predicted octanol–water partition coefficient (Wildman–Crippen LogP) is 6.90. The molecule has 0 radical (unpaired) electrons. The van der Waals surface area contributed by atoms with Gasteiger partial charge in [-0.15, -0.1) is 0 Å². The fraction of sp³-hybridized carbons (Fsp3) is 0.579. The molecule has 0 N–H and O–H groups in total. The van der Waals surface area contributed by atoms with Gasteiger partial charge in [0.05, 0.1) is 22.3 Å². The van der Waals surface area contributed by atoms with Gasteiger partial charge in [0.2, 0.25) is 0 Å². The van der Waals surface area contributed by atoms with E-state index in [1.807, 2.05) is 0 Å². The fourth-order valence-electron chi connectivity index (χ4n) is 6.55. The van der Waals surface area contributed by atoms with Crippen LogP contribution in [0.2, 0.25) is 0 Å². The van der Waals surface area contributed by atoms with Crippen LogP contribution in [-0.4, -0.2) is 95.6 Å². The molecule has 4 amide bonds. The lowest BCUT2D eigenvalue weighted by Crippen LogP contribution is -2.44. The van der Waals surface area contributed by atoms with Crippen LogP contribution in [0.15, 0.2) is 48.5 Å². The second-order valence-electron chi connectivity index (χ2n) is 12.8. The second kappa shape index (κ2) is 18.7. The van der Waals surface area contributed by atoms with Crippen molar-refractivity contribution in [1.82, 2.24) is 19.6 Å². The Hall–Kier alpha value is -3.36. The summed E-state index contributed by atoms with van der Waals surface area (Å²) < 4.78 is 0. The lowest BCUT2D eigenvalue weighted by Gasteiger charge is -2.30. The van der Waals surface area contributed by atoms with E-state index in [0.717, 1.165) is 39.0 Å². The molecule has 0 aliphatic carbocycles. The quantitative estimate of drug-likeness (QED) is 0.0981. The van der Waals surface area contributed by atoms with E-state index in [9.17, 15) is 19.2 Å². The number of hydrogen-bond acceptors (Lipinski definition) is 6. The number of carbonyl (C=O) groups is 4. The summed E-state index contributed by atoms with van der Waals surface area (Å²) in [5.41, 5.74) is 1.97. The topological polar surface area (TPSA) is 81.2 Å². The molecule has 0 atom stereocenters. The van der Waals surface area contributed by atoms with E-state index >= 15 is 0 Å². The summed E-state index contributed by atoms with van der Waals surface area (Å²) >= 11 is 0. The monoisotopic (exact) mass is 630 g/mol. The third-order valence-electron chi connectivity index (χ3n) is 9.42.